The van der Waals surface area contributed by atoms with Gasteiger partial charge in [0.1, 0.15) is 5.82 Å². The first kappa shape index (κ1) is 17.5. The van der Waals surface area contributed by atoms with Gasteiger partial charge >= 0.3 is 12.0 Å². The van der Waals surface area contributed by atoms with Gasteiger partial charge in [0.15, 0.2) is 0 Å². The van der Waals surface area contributed by atoms with E-state index in [-0.39, 0.29) is 24.5 Å². The van der Waals surface area contributed by atoms with Crippen LogP contribution in [0.15, 0.2) is 48.5 Å². The summed E-state index contributed by atoms with van der Waals surface area (Å²) in [5.74, 6) is -0.799. The van der Waals surface area contributed by atoms with Crippen LogP contribution in [0.2, 0.25) is 0 Å². The summed E-state index contributed by atoms with van der Waals surface area (Å²) in [5, 5.41) is 5.24. The molecule has 2 aromatic carbocycles. The van der Waals surface area contributed by atoms with Crippen LogP contribution in [-0.4, -0.2) is 25.2 Å². The number of urea groups is 1. The number of esters is 1. The Morgan fingerprint density at radius 2 is 1.79 bits per heavy atom. The highest BCUT2D eigenvalue weighted by Crippen LogP contribution is 2.16. The minimum atomic E-state index is -0.500. The third kappa shape index (κ3) is 4.81. The highest BCUT2D eigenvalue weighted by molar-refractivity contribution is 6.00. The van der Waals surface area contributed by atoms with Gasteiger partial charge in [0, 0.05) is 6.54 Å². The van der Waals surface area contributed by atoms with Gasteiger partial charge in [-0.15, -0.1) is 0 Å². The van der Waals surface area contributed by atoms with E-state index in [9.17, 15) is 14.0 Å². The molecule has 2 amide bonds. The lowest BCUT2D eigenvalue weighted by Gasteiger charge is -2.11. The number of ether oxygens (including phenoxy) is 1. The van der Waals surface area contributed by atoms with E-state index in [1.807, 2.05) is 0 Å². The van der Waals surface area contributed by atoms with Crippen LogP contribution in [-0.2, 0) is 11.2 Å². The zero-order chi connectivity index (χ0) is 17.4. The first-order valence-corrected chi connectivity index (χ1v) is 7.66. The normalized spacial score (nSPS) is 10.1. The molecule has 0 aliphatic rings. The van der Waals surface area contributed by atoms with E-state index in [2.05, 4.69) is 10.6 Å². The zero-order valence-electron chi connectivity index (χ0n) is 13.3. The molecule has 0 aliphatic carbocycles. The van der Waals surface area contributed by atoms with Gasteiger partial charge in [0.05, 0.1) is 17.9 Å². The number of anilines is 1. The standard InChI is InChI=1S/C18H19FN2O3/c1-2-24-17(22)14-8-4-6-10-16(14)21-18(23)20-12-11-13-7-3-5-9-15(13)19/h3-10H,2,11-12H2,1H3,(H2,20,21,23). The van der Waals surface area contributed by atoms with Crippen molar-refractivity contribution in [2.45, 2.75) is 13.3 Å². The molecule has 0 saturated carbocycles. The molecular formula is C18H19FN2O3. The fourth-order valence-corrected chi connectivity index (χ4v) is 2.16. The molecule has 24 heavy (non-hydrogen) atoms. The van der Waals surface area contributed by atoms with Gasteiger partial charge in [-0.3, -0.25) is 0 Å². The van der Waals surface area contributed by atoms with Crippen LogP contribution in [0.3, 0.4) is 0 Å². The average Bonchev–Trinajstić information content (AvgIpc) is 2.57. The summed E-state index contributed by atoms with van der Waals surface area (Å²) in [6.07, 6.45) is 0.375. The Bertz CT molecular complexity index is 719. The van der Waals surface area contributed by atoms with Gasteiger partial charge in [0.2, 0.25) is 0 Å². The third-order valence-corrected chi connectivity index (χ3v) is 3.31. The van der Waals surface area contributed by atoms with E-state index in [1.54, 1.807) is 49.4 Å². The van der Waals surface area contributed by atoms with Gasteiger partial charge in [0.25, 0.3) is 0 Å². The molecule has 0 fully saturated rings. The number of amides is 2. The molecule has 2 aromatic rings. The maximum absolute atomic E-state index is 13.5. The Morgan fingerprint density at radius 3 is 2.54 bits per heavy atom. The molecule has 0 aromatic heterocycles. The molecule has 2 rings (SSSR count). The number of benzene rings is 2. The van der Waals surface area contributed by atoms with E-state index < -0.39 is 12.0 Å². The molecule has 0 heterocycles. The molecular weight excluding hydrogens is 311 g/mol. The molecule has 0 atom stereocenters. The molecule has 6 heteroatoms. The molecule has 0 radical (unpaired) electrons. The van der Waals surface area contributed by atoms with Crippen molar-refractivity contribution in [3.63, 3.8) is 0 Å². The summed E-state index contributed by atoms with van der Waals surface area (Å²) >= 11 is 0. The Kier molecular flexibility index (Phi) is 6.31. The van der Waals surface area contributed by atoms with Crippen LogP contribution in [0.4, 0.5) is 14.9 Å². The molecule has 126 valence electrons. The highest BCUT2D eigenvalue weighted by Gasteiger charge is 2.13. The van der Waals surface area contributed by atoms with Gasteiger partial charge in [-0.05, 0) is 37.1 Å². The average molecular weight is 330 g/mol. The number of hydrogen-bond donors (Lipinski definition) is 2. The second-order valence-corrected chi connectivity index (χ2v) is 4.99. The lowest BCUT2D eigenvalue weighted by molar-refractivity contribution is 0.0527. The smallest absolute Gasteiger partial charge is 0.340 e. The highest BCUT2D eigenvalue weighted by atomic mass is 19.1. The van der Waals surface area contributed by atoms with Gasteiger partial charge in [-0.2, -0.15) is 0 Å². The van der Waals surface area contributed by atoms with E-state index in [1.165, 1.54) is 6.07 Å². The predicted molar refractivity (Wildman–Crippen MR) is 89.5 cm³/mol. The zero-order valence-corrected chi connectivity index (χ0v) is 13.3. The third-order valence-electron chi connectivity index (χ3n) is 3.31. The quantitative estimate of drug-likeness (QED) is 0.798. The lowest BCUT2D eigenvalue weighted by atomic mass is 10.1. The monoisotopic (exact) mass is 330 g/mol. The minimum Gasteiger partial charge on any atom is -0.462 e. The van der Waals surface area contributed by atoms with Crippen molar-refractivity contribution in [3.8, 4) is 0 Å². The van der Waals surface area contributed by atoms with Crippen LogP contribution in [0.5, 0.6) is 0 Å². The topological polar surface area (TPSA) is 67.4 Å². The van der Waals surface area contributed by atoms with Crippen molar-refractivity contribution in [1.82, 2.24) is 5.32 Å². The van der Waals surface area contributed by atoms with Crippen LogP contribution < -0.4 is 10.6 Å². The molecule has 5 nitrogen and oxygen atoms in total. The maximum atomic E-state index is 13.5. The largest absolute Gasteiger partial charge is 0.462 e. The van der Waals surface area contributed by atoms with Gasteiger partial charge < -0.3 is 15.4 Å². The molecule has 0 aliphatic heterocycles. The van der Waals surface area contributed by atoms with Crippen molar-refractivity contribution in [3.05, 3.63) is 65.5 Å². The SMILES string of the molecule is CCOC(=O)c1ccccc1NC(=O)NCCc1ccccc1F. The van der Waals surface area contributed by atoms with Gasteiger partial charge in [-0.1, -0.05) is 30.3 Å². The van der Waals surface area contributed by atoms with Crippen LogP contribution in [0.1, 0.15) is 22.8 Å². The van der Waals surface area contributed by atoms with Crippen molar-refractivity contribution < 1.29 is 18.7 Å². The van der Waals surface area contributed by atoms with E-state index in [0.717, 1.165) is 0 Å². The number of carbonyl (C=O) groups is 2. The Morgan fingerprint density at radius 1 is 1.08 bits per heavy atom. The lowest BCUT2D eigenvalue weighted by Crippen LogP contribution is -2.31. The van der Waals surface area contributed by atoms with Crippen LogP contribution >= 0.6 is 0 Å². The molecule has 0 saturated heterocycles. The number of para-hydroxylation sites is 1. The number of hydrogen-bond acceptors (Lipinski definition) is 3. The van der Waals surface area contributed by atoms with Crippen molar-refractivity contribution in [2.75, 3.05) is 18.5 Å². The van der Waals surface area contributed by atoms with Crippen molar-refractivity contribution in [2.24, 2.45) is 0 Å². The summed E-state index contributed by atoms with van der Waals surface area (Å²) in [6.45, 7) is 2.24. The molecule has 2 N–H and O–H groups in total. The summed E-state index contributed by atoms with van der Waals surface area (Å²) < 4.78 is 18.4. The number of nitrogens with one attached hydrogen (secondary N) is 2. The second kappa shape index (κ2) is 8.67. The predicted octanol–water partition coefficient (Wildman–Crippen LogP) is 3.37. The molecule has 0 spiro atoms. The second-order valence-electron chi connectivity index (χ2n) is 4.99. The van der Waals surface area contributed by atoms with E-state index >= 15 is 0 Å². The summed E-state index contributed by atoms with van der Waals surface area (Å²) in [4.78, 5) is 23.8. The fraction of sp³-hybridized carbons (Fsp3) is 0.222. The Labute approximate surface area is 139 Å². The fourth-order valence-electron chi connectivity index (χ4n) is 2.16. The maximum Gasteiger partial charge on any atom is 0.340 e. The van der Waals surface area contributed by atoms with E-state index in [4.69, 9.17) is 4.74 Å². The summed E-state index contributed by atoms with van der Waals surface area (Å²) in [7, 11) is 0. The first-order valence-electron chi connectivity index (χ1n) is 7.66. The Balaban J connectivity index is 1.91. The first-order chi connectivity index (χ1) is 11.6. The number of rotatable bonds is 6. The molecule has 0 unspecified atom stereocenters. The number of halogens is 1. The molecule has 0 bridgehead atoms. The van der Waals surface area contributed by atoms with Gasteiger partial charge in [-0.25, -0.2) is 14.0 Å². The minimum absolute atomic E-state index is 0.252. The number of carbonyl (C=O) groups excluding carboxylic acids is 2. The van der Waals surface area contributed by atoms with E-state index in [0.29, 0.717) is 17.7 Å². The Hall–Kier alpha value is -2.89. The summed E-state index contributed by atoms with van der Waals surface area (Å²) in [5.41, 5.74) is 1.17. The summed E-state index contributed by atoms with van der Waals surface area (Å²) in [6, 6.07) is 12.5. The van der Waals surface area contributed by atoms with Crippen LogP contribution in [0, 0.1) is 5.82 Å². The van der Waals surface area contributed by atoms with Crippen molar-refractivity contribution in [1.29, 1.82) is 0 Å². The van der Waals surface area contributed by atoms with Crippen molar-refractivity contribution >= 4 is 17.7 Å². The van der Waals surface area contributed by atoms with Crippen LogP contribution in [0.25, 0.3) is 0 Å².